The molecule has 2 nitrogen and oxygen atoms in total. The van der Waals surface area contributed by atoms with E-state index < -0.39 is 0 Å². The lowest BCUT2D eigenvalue weighted by molar-refractivity contribution is 0.222. The van der Waals surface area contributed by atoms with E-state index in [9.17, 15) is 0 Å². The van der Waals surface area contributed by atoms with Crippen molar-refractivity contribution in [2.75, 3.05) is 20.1 Å². The van der Waals surface area contributed by atoms with Crippen LogP contribution in [-0.2, 0) is 0 Å². The van der Waals surface area contributed by atoms with Crippen LogP contribution in [0.4, 0.5) is 0 Å². The number of likely N-dealkylation sites (tertiary alicyclic amines) is 1. The minimum Gasteiger partial charge on any atom is -0.338 e. The van der Waals surface area contributed by atoms with Crippen LogP contribution in [0.2, 0.25) is 0 Å². The van der Waals surface area contributed by atoms with Crippen molar-refractivity contribution in [3.63, 3.8) is 0 Å². The number of piperidine rings is 1. The highest BCUT2D eigenvalue weighted by Gasteiger charge is 2.20. The zero-order valence-electron chi connectivity index (χ0n) is 11.0. The minimum atomic E-state index is 0.578. The Bertz CT molecular complexity index is 660. The van der Waals surface area contributed by atoms with Gasteiger partial charge in [-0.05, 0) is 44.3 Å². The Kier molecular flexibility index (Phi) is 2.75. The lowest BCUT2D eigenvalue weighted by Gasteiger charge is -2.30. The maximum absolute atomic E-state index is 4.24. The van der Waals surface area contributed by atoms with Crippen molar-refractivity contribution >= 4 is 24.1 Å². The van der Waals surface area contributed by atoms with Crippen LogP contribution in [0.15, 0.2) is 24.3 Å². The fourth-order valence-corrected chi connectivity index (χ4v) is 3.06. The summed E-state index contributed by atoms with van der Waals surface area (Å²) in [6, 6.07) is 9.10. The summed E-state index contributed by atoms with van der Waals surface area (Å²) < 4.78 is 2.41. The van der Waals surface area contributed by atoms with Gasteiger partial charge in [0.1, 0.15) is 0 Å². The van der Waals surface area contributed by atoms with E-state index in [0.29, 0.717) is 6.04 Å². The Hall–Kier alpha value is -1.54. The predicted molar refractivity (Wildman–Crippen MR) is 78.0 cm³/mol. The van der Waals surface area contributed by atoms with E-state index in [4.69, 9.17) is 0 Å². The van der Waals surface area contributed by atoms with Crippen LogP contribution in [0.5, 0.6) is 0 Å². The van der Waals surface area contributed by atoms with Crippen LogP contribution in [0.3, 0.4) is 0 Å². The van der Waals surface area contributed by atoms with Gasteiger partial charge in [0, 0.05) is 22.3 Å². The van der Waals surface area contributed by atoms with Gasteiger partial charge in [0.2, 0.25) is 0 Å². The molecule has 2 heterocycles. The number of fused-ring (bicyclic) bond motifs is 1. The summed E-state index contributed by atoms with van der Waals surface area (Å²) in [6.07, 6.45) is 2.41. The molecular formula is C16H20N2. The zero-order valence-corrected chi connectivity index (χ0v) is 11.0. The number of benzene rings is 1. The quantitative estimate of drug-likeness (QED) is 0.737. The van der Waals surface area contributed by atoms with Crippen molar-refractivity contribution in [2.24, 2.45) is 0 Å². The Morgan fingerprint density at radius 1 is 1.11 bits per heavy atom. The van der Waals surface area contributed by atoms with Crippen molar-refractivity contribution in [1.82, 2.24) is 9.47 Å². The number of nitrogens with zero attached hydrogens (tertiary/aromatic N) is 2. The average molecular weight is 240 g/mol. The van der Waals surface area contributed by atoms with E-state index in [-0.39, 0.29) is 0 Å². The molecule has 3 rings (SSSR count). The second-order valence-electron chi connectivity index (χ2n) is 5.35. The monoisotopic (exact) mass is 240 g/mol. The van der Waals surface area contributed by atoms with E-state index in [0.717, 1.165) is 10.6 Å². The predicted octanol–water partition coefficient (Wildman–Crippen LogP) is 1.73. The number of hydrogen-bond acceptors (Lipinski definition) is 1. The number of aromatic nitrogens is 1. The molecule has 1 aromatic carbocycles. The van der Waals surface area contributed by atoms with Crippen LogP contribution in [0.1, 0.15) is 18.9 Å². The van der Waals surface area contributed by atoms with Crippen molar-refractivity contribution < 1.29 is 0 Å². The summed E-state index contributed by atoms with van der Waals surface area (Å²) in [7, 11) is 2.20. The molecule has 0 amide bonds. The van der Waals surface area contributed by atoms with E-state index in [1.807, 2.05) is 0 Å². The molecule has 2 aromatic rings. The molecule has 1 fully saturated rings. The summed E-state index contributed by atoms with van der Waals surface area (Å²) in [6.45, 7) is 10.8. The van der Waals surface area contributed by atoms with Crippen LogP contribution >= 0.6 is 0 Å². The molecule has 0 N–H and O–H groups in total. The molecule has 0 atom stereocenters. The largest absolute Gasteiger partial charge is 0.338 e. The summed E-state index contributed by atoms with van der Waals surface area (Å²) >= 11 is 0. The van der Waals surface area contributed by atoms with Gasteiger partial charge in [0.15, 0.2) is 0 Å². The molecule has 0 radical (unpaired) electrons. The molecule has 0 bridgehead atoms. The van der Waals surface area contributed by atoms with E-state index in [2.05, 4.69) is 53.9 Å². The van der Waals surface area contributed by atoms with Gasteiger partial charge in [-0.25, -0.2) is 0 Å². The van der Waals surface area contributed by atoms with Gasteiger partial charge >= 0.3 is 0 Å². The molecule has 0 aliphatic carbocycles. The normalized spacial score (nSPS) is 18.5. The van der Waals surface area contributed by atoms with Crippen molar-refractivity contribution in [1.29, 1.82) is 0 Å². The third-order valence-corrected chi connectivity index (χ3v) is 4.18. The van der Waals surface area contributed by atoms with Gasteiger partial charge in [-0.15, -0.1) is 0 Å². The Labute approximate surface area is 108 Å². The topological polar surface area (TPSA) is 8.17 Å². The van der Waals surface area contributed by atoms with Crippen molar-refractivity contribution in [3.8, 4) is 0 Å². The molecule has 0 unspecified atom stereocenters. The first kappa shape index (κ1) is 11.5. The Balaban J connectivity index is 2.15. The van der Waals surface area contributed by atoms with Crippen LogP contribution in [0, 0.1) is 0 Å². The minimum absolute atomic E-state index is 0.578. The van der Waals surface area contributed by atoms with Crippen molar-refractivity contribution in [2.45, 2.75) is 18.9 Å². The second kappa shape index (κ2) is 4.29. The lowest BCUT2D eigenvalue weighted by atomic mass is 10.1. The SMILES string of the molecule is C=c1c(=C)n(C2CCN(C)CC2)c2ccccc12. The molecule has 0 saturated carbocycles. The third kappa shape index (κ3) is 1.68. The zero-order chi connectivity index (χ0) is 12.7. The highest BCUT2D eigenvalue weighted by Crippen LogP contribution is 2.23. The Morgan fingerprint density at radius 2 is 1.78 bits per heavy atom. The first-order chi connectivity index (χ1) is 8.68. The van der Waals surface area contributed by atoms with Gasteiger partial charge in [-0.1, -0.05) is 31.4 Å². The Morgan fingerprint density at radius 3 is 2.50 bits per heavy atom. The smallest absolute Gasteiger partial charge is 0.0493 e. The summed E-state index contributed by atoms with van der Waals surface area (Å²) in [5.74, 6) is 0. The average Bonchev–Trinajstić information content (AvgIpc) is 2.64. The van der Waals surface area contributed by atoms with Crippen LogP contribution in [0.25, 0.3) is 24.1 Å². The van der Waals surface area contributed by atoms with Crippen LogP contribution < -0.4 is 10.6 Å². The van der Waals surface area contributed by atoms with Gasteiger partial charge in [0.25, 0.3) is 0 Å². The molecule has 94 valence electrons. The van der Waals surface area contributed by atoms with Gasteiger partial charge in [-0.2, -0.15) is 0 Å². The molecule has 18 heavy (non-hydrogen) atoms. The first-order valence-corrected chi connectivity index (χ1v) is 6.64. The molecule has 2 heteroatoms. The lowest BCUT2D eigenvalue weighted by Crippen LogP contribution is -2.36. The summed E-state index contributed by atoms with van der Waals surface area (Å²) in [5, 5.41) is 3.43. The molecule has 1 aliphatic rings. The summed E-state index contributed by atoms with van der Waals surface area (Å²) in [4.78, 5) is 2.40. The maximum Gasteiger partial charge on any atom is 0.0493 e. The van der Waals surface area contributed by atoms with Crippen LogP contribution in [-0.4, -0.2) is 29.6 Å². The molecular weight excluding hydrogens is 220 g/mol. The first-order valence-electron chi connectivity index (χ1n) is 6.64. The number of rotatable bonds is 1. The molecule has 1 aliphatic heterocycles. The van der Waals surface area contributed by atoms with E-state index in [1.54, 1.807) is 0 Å². The molecule has 1 aromatic heterocycles. The molecule has 0 spiro atoms. The highest BCUT2D eigenvalue weighted by atomic mass is 15.1. The highest BCUT2D eigenvalue weighted by molar-refractivity contribution is 5.81. The third-order valence-electron chi connectivity index (χ3n) is 4.18. The van der Waals surface area contributed by atoms with Crippen molar-refractivity contribution in [3.05, 3.63) is 34.8 Å². The number of hydrogen-bond donors (Lipinski definition) is 0. The fourth-order valence-electron chi connectivity index (χ4n) is 3.06. The second-order valence-corrected chi connectivity index (χ2v) is 5.35. The van der Waals surface area contributed by atoms with Gasteiger partial charge in [-0.3, -0.25) is 0 Å². The molecule has 1 saturated heterocycles. The fraction of sp³-hybridized carbons (Fsp3) is 0.375. The van der Waals surface area contributed by atoms with E-state index in [1.165, 1.54) is 36.8 Å². The van der Waals surface area contributed by atoms with E-state index >= 15 is 0 Å². The standard InChI is InChI=1S/C16H20N2/c1-12-13(2)18(14-8-10-17(3)11-9-14)16-7-5-4-6-15(12)16/h4-7,14H,1-2,8-11H2,3H3. The summed E-state index contributed by atoms with van der Waals surface area (Å²) in [5.41, 5.74) is 1.29. The maximum atomic E-state index is 4.24. The number of para-hydroxylation sites is 1. The van der Waals surface area contributed by atoms with Gasteiger partial charge < -0.3 is 9.47 Å². The van der Waals surface area contributed by atoms with Gasteiger partial charge in [0.05, 0.1) is 0 Å².